The van der Waals surface area contributed by atoms with Crippen molar-refractivity contribution in [2.45, 2.75) is 6.54 Å². The maximum absolute atomic E-state index is 5.65. The van der Waals surface area contributed by atoms with E-state index in [4.69, 9.17) is 28.7 Å². The van der Waals surface area contributed by atoms with E-state index < -0.39 is 0 Å². The van der Waals surface area contributed by atoms with E-state index in [1.165, 1.54) is 0 Å². The van der Waals surface area contributed by atoms with Gasteiger partial charge in [0.05, 0.1) is 7.11 Å². The SMILES string of the molecule is COc1c(-c2ccc3c(c2)OCO3)nc2ccc(NCc3ccc4c(c3)OCO4)nn12. The minimum Gasteiger partial charge on any atom is -0.479 e. The first-order valence-corrected chi connectivity index (χ1v) is 9.75. The van der Waals surface area contributed by atoms with Gasteiger partial charge >= 0.3 is 0 Å². The smallest absolute Gasteiger partial charge is 0.243 e. The lowest BCUT2D eigenvalue weighted by atomic mass is 10.1. The maximum Gasteiger partial charge on any atom is 0.243 e. The molecule has 6 rings (SSSR count). The second kappa shape index (κ2) is 6.98. The third kappa shape index (κ3) is 3.02. The van der Waals surface area contributed by atoms with Gasteiger partial charge in [0.25, 0.3) is 0 Å². The molecule has 0 unspecified atom stereocenters. The molecule has 9 heteroatoms. The molecule has 0 radical (unpaired) electrons. The summed E-state index contributed by atoms with van der Waals surface area (Å²) in [7, 11) is 1.61. The van der Waals surface area contributed by atoms with Crippen molar-refractivity contribution in [2.24, 2.45) is 0 Å². The molecule has 9 nitrogen and oxygen atoms in total. The van der Waals surface area contributed by atoms with Crippen molar-refractivity contribution in [3.05, 3.63) is 54.1 Å². The van der Waals surface area contributed by atoms with Gasteiger partial charge < -0.3 is 29.0 Å². The first kappa shape index (κ1) is 17.7. The molecule has 0 saturated carbocycles. The van der Waals surface area contributed by atoms with E-state index in [9.17, 15) is 0 Å². The summed E-state index contributed by atoms with van der Waals surface area (Å²) in [4.78, 5) is 4.70. The van der Waals surface area contributed by atoms with E-state index in [0.29, 0.717) is 35.3 Å². The number of nitrogens with zero attached hydrogens (tertiary/aromatic N) is 3. The van der Waals surface area contributed by atoms with Gasteiger partial charge in [-0.2, -0.15) is 4.52 Å². The fourth-order valence-corrected chi connectivity index (χ4v) is 3.67. The van der Waals surface area contributed by atoms with Crippen molar-refractivity contribution < 1.29 is 23.7 Å². The van der Waals surface area contributed by atoms with Gasteiger partial charge in [0.2, 0.25) is 19.5 Å². The number of ether oxygens (including phenoxy) is 5. The van der Waals surface area contributed by atoms with Crippen LogP contribution in [0.5, 0.6) is 28.9 Å². The van der Waals surface area contributed by atoms with Gasteiger partial charge in [0, 0.05) is 12.1 Å². The number of hydrogen-bond donors (Lipinski definition) is 1. The maximum atomic E-state index is 5.65. The quantitative estimate of drug-likeness (QED) is 0.527. The Morgan fingerprint density at radius 1 is 0.903 bits per heavy atom. The minimum absolute atomic E-state index is 0.223. The Morgan fingerprint density at radius 3 is 2.45 bits per heavy atom. The molecule has 2 aliphatic heterocycles. The van der Waals surface area contributed by atoms with Gasteiger partial charge in [-0.15, -0.1) is 5.10 Å². The van der Waals surface area contributed by atoms with Crippen molar-refractivity contribution >= 4 is 11.5 Å². The van der Waals surface area contributed by atoms with Crippen LogP contribution in [0, 0.1) is 0 Å². The van der Waals surface area contributed by atoms with Gasteiger partial charge in [-0.05, 0) is 48.0 Å². The van der Waals surface area contributed by atoms with E-state index in [-0.39, 0.29) is 13.6 Å². The molecule has 31 heavy (non-hydrogen) atoms. The number of fused-ring (bicyclic) bond motifs is 3. The van der Waals surface area contributed by atoms with Gasteiger partial charge in [0.1, 0.15) is 11.5 Å². The molecule has 0 amide bonds. The van der Waals surface area contributed by atoms with Gasteiger partial charge in [-0.3, -0.25) is 0 Å². The van der Waals surface area contributed by atoms with Crippen LogP contribution in [0.25, 0.3) is 16.9 Å². The Hall–Kier alpha value is -4.14. The lowest BCUT2D eigenvalue weighted by Gasteiger charge is -2.08. The Balaban J connectivity index is 1.30. The van der Waals surface area contributed by atoms with Gasteiger partial charge in [0.15, 0.2) is 28.6 Å². The van der Waals surface area contributed by atoms with Crippen LogP contribution in [-0.2, 0) is 6.54 Å². The molecule has 2 aromatic heterocycles. The third-order valence-corrected chi connectivity index (χ3v) is 5.19. The molecule has 2 aliphatic rings. The van der Waals surface area contributed by atoms with E-state index in [2.05, 4.69) is 10.4 Å². The molecular formula is C22H18N4O5. The number of imidazole rings is 1. The van der Waals surface area contributed by atoms with Gasteiger partial charge in [-0.1, -0.05) is 6.07 Å². The van der Waals surface area contributed by atoms with Crippen molar-refractivity contribution in [1.82, 2.24) is 14.6 Å². The molecular weight excluding hydrogens is 400 g/mol. The summed E-state index contributed by atoms with van der Waals surface area (Å²) in [6, 6.07) is 15.3. The molecule has 156 valence electrons. The molecule has 0 aliphatic carbocycles. The predicted octanol–water partition coefficient (Wildman–Crippen LogP) is 3.47. The number of methoxy groups -OCH3 is 1. The summed E-state index contributed by atoms with van der Waals surface area (Å²) in [5.41, 5.74) is 3.28. The fourth-order valence-electron chi connectivity index (χ4n) is 3.67. The van der Waals surface area contributed by atoms with E-state index in [1.54, 1.807) is 11.6 Å². The Labute approximate surface area is 177 Å². The second-order valence-corrected chi connectivity index (χ2v) is 7.07. The van der Waals surface area contributed by atoms with Crippen LogP contribution in [0.15, 0.2) is 48.5 Å². The van der Waals surface area contributed by atoms with Crippen LogP contribution < -0.4 is 29.0 Å². The summed E-state index contributed by atoms with van der Waals surface area (Å²) in [5, 5.41) is 7.99. The lowest BCUT2D eigenvalue weighted by molar-refractivity contribution is 0.173. The summed E-state index contributed by atoms with van der Waals surface area (Å²) in [6.45, 7) is 1.07. The van der Waals surface area contributed by atoms with Crippen LogP contribution >= 0.6 is 0 Å². The third-order valence-electron chi connectivity index (χ3n) is 5.19. The fraction of sp³-hybridized carbons (Fsp3) is 0.182. The number of anilines is 1. The molecule has 0 saturated heterocycles. The normalized spacial score (nSPS) is 13.6. The Bertz CT molecular complexity index is 1300. The number of rotatable bonds is 5. The first-order chi connectivity index (χ1) is 15.3. The zero-order valence-corrected chi connectivity index (χ0v) is 16.6. The van der Waals surface area contributed by atoms with E-state index in [1.807, 2.05) is 48.5 Å². The number of hydrogen-bond acceptors (Lipinski definition) is 8. The molecule has 4 heterocycles. The highest BCUT2D eigenvalue weighted by Gasteiger charge is 2.20. The minimum atomic E-state index is 0.223. The van der Waals surface area contributed by atoms with Crippen LogP contribution in [-0.4, -0.2) is 35.3 Å². The number of nitrogens with one attached hydrogen (secondary N) is 1. The average molecular weight is 418 g/mol. The molecule has 0 atom stereocenters. The zero-order valence-electron chi connectivity index (χ0n) is 16.6. The molecule has 0 bridgehead atoms. The summed E-state index contributed by atoms with van der Waals surface area (Å²) >= 11 is 0. The summed E-state index contributed by atoms with van der Waals surface area (Å²) in [6.07, 6.45) is 0. The zero-order chi connectivity index (χ0) is 20.8. The monoisotopic (exact) mass is 418 g/mol. The van der Waals surface area contributed by atoms with Crippen molar-refractivity contribution in [3.8, 4) is 40.1 Å². The van der Waals surface area contributed by atoms with Gasteiger partial charge in [-0.25, -0.2) is 4.98 Å². The van der Waals surface area contributed by atoms with Crippen LogP contribution in [0.1, 0.15) is 5.56 Å². The highest BCUT2D eigenvalue weighted by molar-refractivity contribution is 5.72. The molecule has 1 N–H and O–H groups in total. The van der Waals surface area contributed by atoms with Crippen molar-refractivity contribution in [3.63, 3.8) is 0 Å². The van der Waals surface area contributed by atoms with E-state index >= 15 is 0 Å². The molecule has 2 aromatic carbocycles. The summed E-state index contributed by atoms with van der Waals surface area (Å²) < 4.78 is 29.0. The summed E-state index contributed by atoms with van der Waals surface area (Å²) in [5.74, 6) is 4.17. The Morgan fingerprint density at radius 2 is 1.65 bits per heavy atom. The average Bonchev–Trinajstić information content (AvgIpc) is 3.54. The molecule has 0 fully saturated rings. The largest absolute Gasteiger partial charge is 0.479 e. The van der Waals surface area contributed by atoms with Crippen LogP contribution in [0.2, 0.25) is 0 Å². The highest BCUT2D eigenvalue weighted by atomic mass is 16.7. The number of aromatic nitrogens is 3. The van der Waals surface area contributed by atoms with Crippen molar-refractivity contribution in [1.29, 1.82) is 0 Å². The predicted molar refractivity (Wildman–Crippen MR) is 111 cm³/mol. The molecule has 0 spiro atoms. The van der Waals surface area contributed by atoms with Crippen LogP contribution in [0.3, 0.4) is 0 Å². The lowest BCUT2D eigenvalue weighted by Crippen LogP contribution is -2.05. The van der Waals surface area contributed by atoms with E-state index in [0.717, 1.165) is 28.4 Å². The first-order valence-electron chi connectivity index (χ1n) is 9.75. The van der Waals surface area contributed by atoms with Crippen LogP contribution in [0.4, 0.5) is 5.82 Å². The Kier molecular flexibility index (Phi) is 3.98. The topological polar surface area (TPSA) is 88.4 Å². The highest BCUT2D eigenvalue weighted by Crippen LogP contribution is 2.38. The van der Waals surface area contributed by atoms with Crippen molar-refractivity contribution in [2.75, 3.05) is 26.0 Å². The number of benzene rings is 2. The molecule has 4 aromatic rings. The standard InChI is InChI=1S/C22H18N4O5/c1-27-22-21(14-3-5-16-18(9-14)31-12-29-16)24-20-7-6-19(25-26(20)22)23-10-13-2-4-15-17(8-13)30-11-28-15/h2-9H,10-12H2,1H3,(H,23,25). The second-order valence-electron chi connectivity index (χ2n) is 7.07.